The minimum absolute atomic E-state index is 0.0460. The number of aromatic nitrogens is 3. The molecule has 0 spiro atoms. The summed E-state index contributed by atoms with van der Waals surface area (Å²) in [7, 11) is 0. The Balaban J connectivity index is 1.48. The lowest BCUT2D eigenvalue weighted by Gasteiger charge is -2.33. The third-order valence-corrected chi connectivity index (χ3v) is 4.26. The molecule has 0 aliphatic carbocycles. The topological polar surface area (TPSA) is 104 Å². The minimum Gasteiger partial charge on any atom is -0.444 e. The third kappa shape index (κ3) is 4.85. The van der Waals surface area contributed by atoms with Gasteiger partial charge in [-0.15, -0.1) is 0 Å². The van der Waals surface area contributed by atoms with E-state index in [1.165, 1.54) is 0 Å². The molecule has 2 aromatic heterocycles. The van der Waals surface area contributed by atoms with E-state index in [1.807, 2.05) is 27.7 Å². The van der Waals surface area contributed by atoms with E-state index in [4.69, 9.17) is 18.5 Å². The van der Waals surface area contributed by atoms with Gasteiger partial charge in [0.15, 0.2) is 5.82 Å². The van der Waals surface area contributed by atoms with Gasteiger partial charge in [0.2, 0.25) is 0 Å². The van der Waals surface area contributed by atoms with Crippen molar-refractivity contribution in [2.45, 2.75) is 65.8 Å². The molecule has 1 fully saturated rings. The molecule has 0 saturated carbocycles. The zero-order valence-corrected chi connectivity index (χ0v) is 16.4. The average Bonchev–Trinajstić information content (AvgIpc) is 3.18. The van der Waals surface area contributed by atoms with Gasteiger partial charge in [-0.25, -0.2) is 4.79 Å². The van der Waals surface area contributed by atoms with Crippen LogP contribution in [0.25, 0.3) is 11.5 Å². The van der Waals surface area contributed by atoms with Crippen molar-refractivity contribution in [1.29, 1.82) is 0 Å². The second-order valence-corrected chi connectivity index (χ2v) is 7.69. The van der Waals surface area contributed by atoms with E-state index < -0.39 is 5.60 Å². The molecule has 1 aliphatic heterocycles. The number of aryl methyl sites for hydroxylation is 2. The highest BCUT2D eigenvalue weighted by molar-refractivity contribution is 5.68. The maximum absolute atomic E-state index is 12.1. The molecule has 0 unspecified atom stereocenters. The highest BCUT2D eigenvalue weighted by atomic mass is 16.6. The van der Waals surface area contributed by atoms with Crippen LogP contribution in [0.2, 0.25) is 0 Å². The summed E-state index contributed by atoms with van der Waals surface area (Å²) < 4.78 is 21.7. The Bertz CT molecular complexity index is 765. The Kier molecular flexibility index (Phi) is 5.50. The lowest BCUT2D eigenvalue weighted by atomic mass is 10.1. The molecule has 0 bridgehead atoms. The van der Waals surface area contributed by atoms with Crippen LogP contribution in [0.4, 0.5) is 4.79 Å². The molecule has 3 rings (SSSR count). The maximum atomic E-state index is 12.1. The van der Waals surface area contributed by atoms with Crippen LogP contribution in [-0.4, -0.2) is 51.1 Å². The number of piperidine rings is 1. The molecule has 0 radical (unpaired) electrons. The van der Waals surface area contributed by atoms with Crippen LogP contribution in [-0.2, 0) is 16.1 Å². The van der Waals surface area contributed by atoms with Gasteiger partial charge < -0.3 is 23.4 Å². The normalized spacial score (nSPS) is 16.0. The highest BCUT2D eigenvalue weighted by Crippen LogP contribution is 2.25. The van der Waals surface area contributed by atoms with Gasteiger partial charge in [-0.1, -0.05) is 10.3 Å². The van der Waals surface area contributed by atoms with Gasteiger partial charge in [-0.2, -0.15) is 4.98 Å². The first kappa shape index (κ1) is 19.3. The molecule has 3 heterocycles. The van der Waals surface area contributed by atoms with Crippen LogP contribution in [0.5, 0.6) is 0 Å². The summed E-state index contributed by atoms with van der Waals surface area (Å²) in [5.41, 5.74) is 0.944. The van der Waals surface area contributed by atoms with Gasteiger partial charge in [0, 0.05) is 13.1 Å². The average molecular weight is 378 g/mol. The molecule has 148 valence electrons. The number of rotatable bonds is 4. The standard InChI is InChI=1S/C18H26N4O5/c1-11-15(12(2)26-20-11)16-19-14(21-27-16)10-24-13-6-8-22(9-7-13)17(23)25-18(3,4)5/h13H,6-10H2,1-5H3. The van der Waals surface area contributed by atoms with Gasteiger partial charge in [0.05, 0.1) is 11.8 Å². The zero-order chi connectivity index (χ0) is 19.6. The summed E-state index contributed by atoms with van der Waals surface area (Å²) in [4.78, 5) is 18.2. The van der Waals surface area contributed by atoms with Crippen LogP contribution in [0.3, 0.4) is 0 Å². The molecule has 27 heavy (non-hydrogen) atoms. The summed E-state index contributed by atoms with van der Waals surface area (Å²) >= 11 is 0. The molecule has 9 heteroatoms. The van der Waals surface area contributed by atoms with Gasteiger partial charge in [0.25, 0.3) is 5.89 Å². The molecule has 0 atom stereocenters. The summed E-state index contributed by atoms with van der Waals surface area (Å²) in [5.74, 6) is 1.49. The Morgan fingerprint density at radius 3 is 2.48 bits per heavy atom. The second kappa shape index (κ2) is 7.67. The second-order valence-electron chi connectivity index (χ2n) is 7.69. The van der Waals surface area contributed by atoms with Crippen molar-refractivity contribution in [3.05, 3.63) is 17.3 Å². The first-order chi connectivity index (χ1) is 12.7. The molecular formula is C18H26N4O5. The van der Waals surface area contributed by atoms with Crippen LogP contribution in [0.1, 0.15) is 50.9 Å². The molecular weight excluding hydrogens is 352 g/mol. The lowest BCUT2D eigenvalue weighted by molar-refractivity contribution is -0.0190. The van der Waals surface area contributed by atoms with Crippen LogP contribution in [0.15, 0.2) is 9.05 Å². The van der Waals surface area contributed by atoms with Crippen molar-refractivity contribution in [2.24, 2.45) is 0 Å². The van der Waals surface area contributed by atoms with E-state index in [0.717, 1.165) is 18.4 Å². The smallest absolute Gasteiger partial charge is 0.410 e. The summed E-state index contributed by atoms with van der Waals surface area (Å²) in [5, 5.41) is 7.85. The third-order valence-electron chi connectivity index (χ3n) is 4.26. The van der Waals surface area contributed by atoms with Crippen molar-refractivity contribution < 1.29 is 23.3 Å². The van der Waals surface area contributed by atoms with E-state index in [2.05, 4.69) is 15.3 Å². The fourth-order valence-electron chi connectivity index (χ4n) is 2.93. The first-order valence-electron chi connectivity index (χ1n) is 9.08. The van der Waals surface area contributed by atoms with Crippen LogP contribution in [0, 0.1) is 13.8 Å². The zero-order valence-electron chi connectivity index (χ0n) is 16.4. The number of amides is 1. The molecule has 2 aromatic rings. The van der Waals surface area contributed by atoms with Crippen LogP contribution >= 0.6 is 0 Å². The monoisotopic (exact) mass is 378 g/mol. The summed E-state index contributed by atoms with van der Waals surface area (Å²) in [6, 6.07) is 0. The predicted molar refractivity (Wildman–Crippen MR) is 94.9 cm³/mol. The van der Waals surface area contributed by atoms with E-state index >= 15 is 0 Å². The number of carbonyl (C=O) groups is 1. The lowest BCUT2D eigenvalue weighted by Crippen LogP contribution is -2.43. The summed E-state index contributed by atoms with van der Waals surface area (Å²) in [6.07, 6.45) is 1.26. The Hall–Kier alpha value is -2.42. The van der Waals surface area contributed by atoms with E-state index in [0.29, 0.717) is 36.3 Å². The van der Waals surface area contributed by atoms with Crippen molar-refractivity contribution in [1.82, 2.24) is 20.2 Å². The largest absolute Gasteiger partial charge is 0.444 e. The molecule has 1 saturated heterocycles. The van der Waals surface area contributed by atoms with Crippen molar-refractivity contribution in [3.8, 4) is 11.5 Å². The Labute approximate surface area is 158 Å². The van der Waals surface area contributed by atoms with Crippen molar-refractivity contribution in [2.75, 3.05) is 13.1 Å². The number of hydrogen-bond acceptors (Lipinski definition) is 8. The minimum atomic E-state index is -0.484. The quantitative estimate of drug-likeness (QED) is 0.798. The van der Waals surface area contributed by atoms with Gasteiger partial charge in [-0.3, -0.25) is 0 Å². The maximum Gasteiger partial charge on any atom is 0.410 e. The fraction of sp³-hybridized carbons (Fsp3) is 0.667. The highest BCUT2D eigenvalue weighted by Gasteiger charge is 2.27. The molecule has 1 aliphatic rings. The molecule has 0 aromatic carbocycles. The Morgan fingerprint density at radius 1 is 1.19 bits per heavy atom. The van der Waals surface area contributed by atoms with Gasteiger partial charge >= 0.3 is 6.09 Å². The van der Waals surface area contributed by atoms with E-state index in [1.54, 1.807) is 11.8 Å². The number of hydrogen-bond donors (Lipinski definition) is 0. The van der Waals surface area contributed by atoms with Crippen LogP contribution < -0.4 is 0 Å². The number of ether oxygens (including phenoxy) is 2. The van der Waals surface area contributed by atoms with Crippen molar-refractivity contribution >= 4 is 6.09 Å². The molecule has 1 amide bonds. The predicted octanol–water partition coefficient (Wildman–Crippen LogP) is 3.26. The van der Waals surface area contributed by atoms with Gasteiger partial charge in [-0.05, 0) is 47.5 Å². The number of carbonyl (C=O) groups excluding carboxylic acids is 1. The SMILES string of the molecule is Cc1noc(C)c1-c1nc(COC2CCN(C(=O)OC(C)(C)C)CC2)no1. The number of nitrogens with zero attached hydrogens (tertiary/aromatic N) is 4. The fourth-order valence-corrected chi connectivity index (χ4v) is 2.93. The first-order valence-corrected chi connectivity index (χ1v) is 9.08. The Morgan fingerprint density at radius 2 is 1.89 bits per heavy atom. The van der Waals surface area contributed by atoms with Crippen molar-refractivity contribution in [3.63, 3.8) is 0 Å². The van der Waals surface area contributed by atoms with E-state index in [9.17, 15) is 4.79 Å². The molecule has 9 nitrogen and oxygen atoms in total. The van der Waals surface area contributed by atoms with E-state index in [-0.39, 0.29) is 18.8 Å². The number of likely N-dealkylation sites (tertiary alicyclic amines) is 1. The summed E-state index contributed by atoms with van der Waals surface area (Å²) in [6.45, 7) is 10.7. The molecule has 0 N–H and O–H groups in total. The van der Waals surface area contributed by atoms with Gasteiger partial charge in [0.1, 0.15) is 23.5 Å².